The number of piperazine rings is 1. The van der Waals surface area contributed by atoms with Crippen molar-refractivity contribution in [2.75, 3.05) is 26.7 Å². The SMILES string of the molecule is C=CCN1CCN(C(=O)c2ccccn2)C(Cc2ccc(-c3cccc(OC)c3)cc2)C1=O. The molecule has 168 valence electrons. The minimum atomic E-state index is -0.587. The van der Waals surface area contributed by atoms with Crippen LogP contribution in [0.4, 0.5) is 0 Å². The van der Waals surface area contributed by atoms with Gasteiger partial charge in [0.15, 0.2) is 0 Å². The number of nitrogens with zero attached hydrogens (tertiary/aromatic N) is 3. The molecule has 0 radical (unpaired) electrons. The normalized spacial score (nSPS) is 15.9. The molecule has 0 N–H and O–H groups in total. The van der Waals surface area contributed by atoms with Crippen LogP contribution in [0, 0.1) is 0 Å². The van der Waals surface area contributed by atoms with E-state index >= 15 is 0 Å². The van der Waals surface area contributed by atoms with Gasteiger partial charge in [-0.3, -0.25) is 14.6 Å². The lowest BCUT2D eigenvalue weighted by Crippen LogP contribution is -2.59. The van der Waals surface area contributed by atoms with Crippen molar-refractivity contribution in [2.24, 2.45) is 0 Å². The zero-order valence-corrected chi connectivity index (χ0v) is 18.7. The van der Waals surface area contributed by atoms with Gasteiger partial charge in [-0.2, -0.15) is 0 Å². The van der Waals surface area contributed by atoms with E-state index in [9.17, 15) is 9.59 Å². The van der Waals surface area contributed by atoms with E-state index in [1.165, 1.54) is 0 Å². The summed E-state index contributed by atoms with van der Waals surface area (Å²) in [5.41, 5.74) is 3.45. The van der Waals surface area contributed by atoms with E-state index in [2.05, 4.69) is 11.6 Å². The Morgan fingerprint density at radius 3 is 2.61 bits per heavy atom. The lowest BCUT2D eigenvalue weighted by molar-refractivity contribution is -0.139. The number of pyridine rings is 1. The van der Waals surface area contributed by atoms with Gasteiger partial charge in [-0.25, -0.2) is 0 Å². The molecule has 1 aromatic heterocycles. The van der Waals surface area contributed by atoms with Gasteiger partial charge in [0.1, 0.15) is 17.5 Å². The molecule has 1 aliphatic rings. The van der Waals surface area contributed by atoms with E-state index in [-0.39, 0.29) is 11.8 Å². The molecule has 0 spiro atoms. The summed E-state index contributed by atoms with van der Waals surface area (Å²) in [5.74, 6) is 0.512. The van der Waals surface area contributed by atoms with Crippen LogP contribution in [-0.2, 0) is 11.2 Å². The Labute approximate surface area is 194 Å². The Morgan fingerprint density at radius 2 is 1.91 bits per heavy atom. The molecule has 1 fully saturated rings. The monoisotopic (exact) mass is 441 g/mol. The molecule has 1 aliphatic heterocycles. The molecule has 1 atom stereocenters. The Morgan fingerprint density at radius 1 is 1.09 bits per heavy atom. The van der Waals surface area contributed by atoms with Gasteiger partial charge in [0, 0.05) is 32.3 Å². The van der Waals surface area contributed by atoms with Crippen LogP contribution in [0.3, 0.4) is 0 Å². The molecule has 0 aliphatic carbocycles. The number of hydrogen-bond donors (Lipinski definition) is 0. The van der Waals surface area contributed by atoms with Crippen LogP contribution in [-0.4, -0.2) is 59.4 Å². The predicted molar refractivity (Wildman–Crippen MR) is 128 cm³/mol. The van der Waals surface area contributed by atoms with Crippen molar-refractivity contribution in [1.82, 2.24) is 14.8 Å². The highest BCUT2D eigenvalue weighted by Gasteiger charge is 2.37. The molecule has 1 unspecified atom stereocenters. The van der Waals surface area contributed by atoms with Crippen LogP contribution in [0.1, 0.15) is 16.1 Å². The minimum absolute atomic E-state index is 0.0673. The number of hydrogen-bond acceptors (Lipinski definition) is 4. The van der Waals surface area contributed by atoms with Gasteiger partial charge in [-0.05, 0) is 41.0 Å². The van der Waals surface area contributed by atoms with E-state index in [0.29, 0.717) is 31.7 Å². The largest absolute Gasteiger partial charge is 0.497 e. The highest BCUT2D eigenvalue weighted by atomic mass is 16.5. The van der Waals surface area contributed by atoms with Crippen LogP contribution in [0.5, 0.6) is 5.75 Å². The van der Waals surface area contributed by atoms with Crippen molar-refractivity contribution in [2.45, 2.75) is 12.5 Å². The third kappa shape index (κ3) is 4.95. The highest BCUT2D eigenvalue weighted by Crippen LogP contribution is 2.25. The topological polar surface area (TPSA) is 62.7 Å². The summed E-state index contributed by atoms with van der Waals surface area (Å²) in [5, 5.41) is 0. The Hall–Kier alpha value is -3.93. The van der Waals surface area contributed by atoms with Crippen LogP contribution in [0.15, 0.2) is 85.6 Å². The predicted octanol–water partition coefficient (Wildman–Crippen LogP) is 3.84. The second-order valence-electron chi connectivity index (χ2n) is 7.94. The first kappa shape index (κ1) is 22.3. The third-order valence-corrected chi connectivity index (χ3v) is 5.86. The van der Waals surface area contributed by atoms with Crippen molar-refractivity contribution in [3.8, 4) is 16.9 Å². The molecular formula is C27H27N3O3. The van der Waals surface area contributed by atoms with Crippen LogP contribution in [0.2, 0.25) is 0 Å². The number of ether oxygens (including phenoxy) is 1. The number of rotatable bonds is 7. The summed E-state index contributed by atoms with van der Waals surface area (Å²) in [6, 6.07) is 20.6. The van der Waals surface area contributed by atoms with E-state index in [4.69, 9.17) is 4.74 Å². The lowest BCUT2D eigenvalue weighted by Gasteiger charge is -2.40. The van der Waals surface area contributed by atoms with Crippen molar-refractivity contribution in [3.05, 3.63) is 96.8 Å². The first-order valence-corrected chi connectivity index (χ1v) is 11.0. The number of carbonyl (C=O) groups excluding carboxylic acids is 2. The van der Waals surface area contributed by atoms with Crippen molar-refractivity contribution >= 4 is 11.8 Å². The maximum atomic E-state index is 13.3. The van der Waals surface area contributed by atoms with Crippen molar-refractivity contribution in [1.29, 1.82) is 0 Å². The zero-order valence-electron chi connectivity index (χ0n) is 18.7. The molecule has 2 heterocycles. The van der Waals surface area contributed by atoms with Gasteiger partial charge in [-0.1, -0.05) is 48.5 Å². The smallest absolute Gasteiger partial charge is 0.273 e. The van der Waals surface area contributed by atoms with E-state index in [1.807, 2.05) is 48.5 Å². The third-order valence-electron chi connectivity index (χ3n) is 5.86. The quantitative estimate of drug-likeness (QED) is 0.523. The first-order valence-electron chi connectivity index (χ1n) is 11.0. The number of carbonyl (C=O) groups is 2. The van der Waals surface area contributed by atoms with E-state index in [0.717, 1.165) is 22.4 Å². The van der Waals surface area contributed by atoms with Gasteiger partial charge in [0.25, 0.3) is 5.91 Å². The highest BCUT2D eigenvalue weighted by molar-refractivity contribution is 5.97. The van der Waals surface area contributed by atoms with Crippen molar-refractivity contribution in [3.63, 3.8) is 0 Å². The molecule has 2 aromatic carbocycles. The number of methoxy groups -OCH3 is 1. The summed E-state index contributed by atoms with van der Waals surface area (Å²) in [4.78, 5) is 34.0. The molecule has 6 heteroatoms. The van der Waals surface area contributed by atoms with Gasteiger partial charge in [0.05, 0.1) is 7.11 Å². The summed E-state index contributed by atoms with van der Waals surface area (Å²) < 4.78 is 5.32. The fourth-order valence-corrected chi connectivity index (χ4v) is 4.11. The molecule has 2 amide bonds. The molecule has 33 heavy (non-hydrogen) atoms. The maximum Gasteiger partial charge on any atom is 0.273 e. The number of amides is 2. The summed E-state index contributed by atoms with van der Waals surface area (Å²) in [6.45, 7) is 5.17. The molecule has 6 nitrogen and oxygen atoms in total. The second kappa shape index (κ2) is 10.1. The van der Waals surface area contributed by atoms with Crippen LogP contribution < -0.4 is 4.74 Å². The summed E-state index contributed by atoms with van der Waals surface area (Å²) in [7, 11) is 1.65. The zero-order chi connectivity index (χ0) is 23.2. The van der Waals surface area contributed by atoms with Gasteiger partial charge in [0.2, 0.25) is 5.91 Å². The average molecular weight is 442 g/mol. The minimum Gasteiger partial charge on any atom is -0.497 e. The Kier molecular flexibility index (Phi) is 6.83. The molecule has 4 rings (SSSR count). The van der Waals surface area contributed by atoms with Gasteiger partial charge in [-0.15, -0.1) is 6.58 Å². The van der Waals surface area contributed by atoms with E-state index < -0.39 is 6.04 Å². The lowest BCUT2D eigenvalue weighted by atomic mass is 9.97. The second-order valence-corrected chi connectivity index (χ2v) is 7.94. The fraction of sp³-hybridized carbons (Fsp3) is 0.222. The first-order chi connectivity index (χ1) is 16.1. The summed E-state index contributed by atoms with van der Waals surface area (Å²) in [6.07, 6.45) is 3.74. The Bertz CT molecular complexity index is 1130. The molecule has 0 saturated carbocycles. The van der Waals surface area contributed by atoms with Crippen molar-refractivity contribution < 1.29 is 14.3 Å². The molecule has 3 aromatic rings. The average Bonchev–Trinajstić information content (AvgIpc) is 2.87. The van der Waals surface area contributed by atoms with Crippen LogP contribution >= 0.6 is 0 Å². The van der Waals surface area contributed by atoms with Gasteiger partial charge >= 0.3 is 0 Å². The summed E-state index contributed by atoms with van der Waals surface area (Å²) >= 11 is 0. The molecule has 1 saturated heterocycles. The van der Waals surface area contributed by atoms with Crippen LogP contribution in [0.25, 0.3) is 11.1 Å². The fourth-order valence-electron chi connectivity index (χ4n) is 4.11. The molecule has 0 bridgehead atoms. The van der Waals surface area contributed by atoms with Gasteiger partial charge < -0.3 is 14.5 Å². The Balaban J connectivity index is 1.58. The standard InChI is InChI=1S/C27H27N3O3/c1-3-15-29-16-17-30(26(31)24-9-4-5-14-28-24)25(27(29)32)18-20-10-12-21(13-11-20)22-7-6-8-23(19-22)33-2/h3-14,19,25H,1,15-18H2,2H3. The molecular weight excluding hydrogens is 414 g/mol. The maximum absolute atomic E-state index is 13.3. The van der Waals surface area contributed by atoms with E-state index in [1.54, 1.807) is 47.4 Å². The number of aromatic nitrogens is 1. The number of benzene rings is 2.